The molecule has 1 aromatic heterocycles. The molecule has 29 heavy (non-hydrogen) atoms. The van der Waals surface area contributed by atoms with Crippen molar-refractivity contribution in [3.63, 3.8) is 0 Å². The Labute approximate surface area is 171 Å². The summed E-state index contributed by atoms with van der Waals surface area (Å²) in [6.45, 7) is 8.66. The molecule has 0 spiro atoms. The van der Waals surface area contributed by atoms with Crippen LogP contribution in [-0.4, -0.2) is 45.7 Å². The quantitative estimate of drug-likeness (QED) is 0.774. The molecule has 156 valence electrons. The molecule has 2 aromatic rings. The van der Waals surface area contributed by atoms with Crippen molar-refractivity contribution >= 4 is 5.91 Å². The standard InChI is InChI=1S/C22H30N4O3/c1-15(2)14-29-18-6-4-17(5-7-18)21-23-22(28)19(24-25-21)8-9-20(27)26-12-10-16(3)11-13-26/h4-7,15-16H,8-14H2,1-3H3,(H,23,25,28). The monoisotopic (exact) mass is 398 g/mol. The zero-order chi connectivity index (χ0) is 20.8. The first-order valence-electron chi connectivity index (χ1n) is 10.4. The van der Waals surface area contributed by atoms with Gasteiger partial charge in [0.25, 0.3) is 5.56 Å². The Morgan fingerprint density at radius 3 is 2.52 bits per heavy atom. The number of benzene rings is 1. The molecule has 2 heterocycles. The summed E-state index contributed by atoms with van der Waals surface area (Å²) in [5.74, 6) is 2.40. The van der Waals surface area contributed by atoms with Gasteiger partial charge in [0.05, 0.1) is 6.61 Å². The van der Waals surface area contributed by atoms with E-state index in [9.17, 15) is 9.59 Å². The van der Waals surface area contributed by atoms with Crippen molar-refractivity contribution in [2.45, 2.75) is 46.5 Å². The highest BCUT2D eigenvalue weighted by atomic mass is 16.5. The lowest BCUT2D eigenvalue weighted by Gasteiger charge is -2.30. The number of hydrogen-bond acceptors (Lipinski definition) is 5. The topological polar surface area (TPSA) is 88.2 Å². The molecule has 0 aliphatic carbocycles. The van der Waals surface area contributed by atoms with Gasteiger partial charge in [0.2, 0.25) is 5.91 Å². The number of H-pyrrole nitrogens is 1. The second-order valence-corrected chi connectivity index (χ2v) is 8.24. The fraction of sp³-hybridized carbons (Fsp3) is 0.545. The zero-order valence-corrected chi connectivity index (χ0v) is 17.5. The summed E-state index contributed by atoms with van der Waals surface area (Å²) < 4.78 is 5.67. The first-order chi connectivity index (χ1) is 13.9. The van der Waals surface area contributed by atoms with Crippen LogP contribution in [0, 0.1) is 11.8 Å². The minimum absolute atomic E-state index is 0.0826. The number of aryl methyl sites for hydroxylation is 1. The zero-order valence-electron chi connectivity index (χ0n) is 17.5. The van der Waals surface area contributed by atoms with E-state index in [0.29, 0.717) is 36.4 Å². The first kappa shape index (κ1) is 21.0. The normalized spacial score (nSPS) is 15.0. The average molecular weight is 399 g/mol. The number of aromatic amines is 1. The van der Waals surface area contributed by atoms with E-state index >= 15 is 0 Å². The van der Waals surface area contributed by atoms with Crippen molar-refractivity contribution in [3.8, 4) is 17.1 Å². The van der Waals surface area contributed by atoms with E-state index < -0.39 is 0 Å². The number of amides is 1. The lowest BCUT2D eigenvalue weighted by atomic mass is 9.99. The van der Waals surface area contributed by atoms with Crippen LogP contribution in [0.4, 0.5) is 0 Å². The van der Waals surface area contributed by atoms with Gasteiger partial charge in [0, 0.05) is 31.5 Å². The van der Waals surface area contributed by atoms with Crippen molar-refractivity contribution in [1.29, 1.82) is 0 Å². The summed E-state index contributed by atoms with van der Waals surface area (Å²) in [5.41, 5.74) is 0.760. The van der Waals surface area contributed by atoms with Gasteiger partial charge in [-0.2, -0.15) is 0 Å². The predicted octanol–water partition coefficient (Wildman–Crippen LogP) is 3.06. The van der Waals surface area contributed by atoms with Crippen molar-refractivity contribution in [2.75, 3.05) is 19.7 Å². The Bertz CT molecular complexity index is 868. The van der Waals surface area contributed by atoms with Gasteiger partial charge in [-0.1, -0.05) is 20.8 Å². The van der Waals surface area contributed by atoms with Gasteiger partial charge < -0.3 is 14.6 Å². The van der Waals surface area contributed by atoms with Crippen LogP contribution in [0.2, 0.25) is 0 Å². The molecule has 1 amide bonds. The van der Waals surface area contributed by atoms with Gasteiger partial charge in [-0.05, 0) is 48.9 Å². The van der Waals surface area contributed by atoms with Gasteiger partial charge in [-0.3, -0.25) is 9.59 Å². The number of hydrogen-bond donors (Lipinski definition) is 1. The van der Waals surface area contributed by atoms with E-state index in [4.69, 9.17) is 4.74 Å². The number of likely N-dealkylation sites (tertiary alicyclic amines) is 1. The minimum atomic E-state index is -0.296. The van der Waals surface area contributed by atoms with Gasteiger partial charge in [0.1, 0.15) is 11.4 Å². The van der Waals surface area contributed by atoms with E-state index in [1.807, 2.05) is 29.2 Å². The van der Waals surface area contributed by atoms with Gasteiger partial charge in [-0.15, -0.1) is 10.2 Å². The number of carbonyl (C=O) groups excluding carboxylic acids is 1. The SMILES string of the molecule is CC(C)COc1ccc(-c2nnc(CCC(=O)N3CCC(C)CC3)c(=O)[nH]2)cc1. The Morgan fingerprint density at radius 1 is 1.21 bits per heavy atom. The van der Waals surface area contributed by atoms with E-state index in [2.05, 4.69) is 36.0 Å². The molecule has 0 radical (unpaired) electrons. The Balaban J connectivity index is 1.58. The molecule has 1 N–H and O–H groups in total. The summed E-state index contributed by atoms with van der Waals surface area (Å²) in [4.78, 5) is 29.4. The van der Waals surface area contributed by atoms with Crippen LogP contribution in [0.3, 0.4) is 0 Å². The molecule has 7 nitrogen and oxygen atoms in total. The third-order valence-electron chi connectivity index (χ3n) is 5.19. The Hall–Kier alpha value is -2.70. The molecular weight excluding hydrogens is 368 g/mol. The summed E-state index contributed by atoms with van der Waals surface area (Å²) in [6.07, 6.45) is 2.67. The van der Waals surface area contributed by atoms with Crippen molar-refractivity contribution in [2.24, 2.45) is 11.8 Å². The molecule has 0 saturated carbocycles. The third-order valence-corrected chi connectivity index (χ3v) is 5.19. The lowest BCUT2D eigenvalue weighted by Crippen LogP contribution is -2.38. The molecule has 0 atom stereocenters. The molecule has 1 aliphatic heterocycles. The molecule has 1 saturated heterocycles. The summed E-state index contributed by atoms with van der Waals surface area (Å²) >= 11 is 0. The van der Waals surface area contributed by atoms with Crippen LogP contribution in [0.5, 0.6) is 5.75 Å². The molecule has 3 rings (SSSR count). The third kappa shape index (κ3) is 5.89. The molecule has 0 unspecified atom stereocenters. The second kappa shape index (κ2) is 9.67. The Kier molecular flexibility index (Phi) is 7.01. The maximum atomic E-state index is 12.4. The average Bonchev–Trinajstić information content (AvgIpc) is 2.72. The maximum Gasteiger partial charge on any atom is 0.273 e. The molecule has 1 aromatic carbocycles. The van der Waals surface area contributed by atoms with E-state index in [0.717, 1.165) is 37.2 Å². The highest BCUT2D eigenvalue weighted by Crippen LogP contribution is 2.19. The molecular formula is C22H30N4O3. The van der Waals surface area contributed by atoms with Crippen LogP contribution in [0.15, 0.2) is 29.1 Å². The molecule has 1 fully saturated rings. The van der Waals surface area contributed by atoms with Gasteiger partial charge in [-0.25, -0.2) is 0 Å². The summed E-state index contributed by atoms with van der Waals surface area (Å²) in [5, 5.41) is 8.21. The largest absolute Gasteiger partial charge is 0.493 e. The number of nitrogens with zero attached hydrogens (tertiary/aromatic N) is 3. The summed E-state index contributed by atoms with van der Waals surface area (Å²) in [7, 11) is 0. The minimum Gasteiger partial charge on any atom is -0.493 e. The van der Waals surface area contributed by atoms with Gasteiger partial charge in [0.15, 0.2) is 5.82 Å². The van der Waals surface area contributed by atoms with Crippen LogP contribution in [-0.2, 0) is 11.2 Å². The van der Waals surface area contributed by atoms with Crippen LogP contribution in [0.1, 0.15) is 45.7 Å². The molecule has 0 bridgehead atoms. The van der Waals surface area contributed by atoms with Gasteiger partial charge >= 0.3 is 0 Å². The van der Waals surface area contributed by atoms with E-state index in [1.54, 1.807) is 0 Å². The fourth-order valence-electron chi connectivity index (χ4n) is 3.27. The predicted molar refractivity (Wildman–Crippen MR) is 112 cm³/mol. The number of aromatic nitrogens is 3. The molecule has 7 heteroatoms. The highest BCUT2D eigenvalue weighted by Gasteiger charge is 2.20. The van der Waals surface area contributed by atoms with Crippen LogP contribution >= 0.6 is 0 Å². The smallest absolute Gasteiger partial charge is 0.273 e. The number of ether oxygens (including phenoxy) is 1. The second-order valence-electron chi connectivity index (χ2n) is 8.24. The highest BCUT2D eigenvalue weighted by molar-refractivity contribution is 5.76. The van der Waals surface area contributed by atoms with Crippen LogP contribution < -0.4 is 10.3 Å². The van der Waals surface area contributed by atoms with Crippen molar-refractivity contribution in [1.82, 2.24) is 20.1 Å². The number of piperidine rings is 1. The number of rotatable bonds is 7. The van der Waals surface area contributed by atoms with Crippen molar-refractivity contribution in [3.05, 3.63) is 40.3 Å². The van der Waals surface area contributed by atoms with E-state index in [-0.39, 0.29) is 17.9 Å². The number of nitrogens with one attached hydrogen (secondary N) is 1. The fourth-order valence-corrected chi connectivity index (χ4v) is 3.27. The maximum absolute atomic E-state index is 12.4. The first-order valence-corrected chi connectivity index (χ1v) is 10.4. The Morgan fingerprint density at radius 2 is 1.90 bits per heavy atom. The lowest BCUT2D eigenvalue weighted by molar-refractivity contribution is -0.132. The number of carbonyl (C=O) groups is 1. The van der Waals surface area contributed by atoms with Crippen molar-refractivity contribution < 1.29 is 9.53 Å². The van der Waals surface area contributed by atoms with E-state index in [1.165, 1.54) is 0 Å². The van der Waals surface area contributed by atoms with Crippen LogP contribution in [0.25, 0.3) is 11.4 Å². The summed E-state index contributed by atoms with van der Waals surface area (Å²) in [6, 6.07) is 7.39. The molecule has 1 aliphatic rings.